The van der Waals surface area contributed by atoms with Gasteiger partial charge in [0.1, 0.15) is 5.82 Å². The summed E-state index contributed by atoms with van der Waals surface area (Å²) in [6.07, 6.45) is 0.700. The lowest BCUT2D eigenvalue weighted by molar-refractivity contribution is 0.620. The van der Waals surface area contributed by atoms with Gasteiger partial charge in [0.15, 0.2) is 0 Å². The molecule has 4 heteroatoms. The molecule has 1 aromatic heterocycles. The molecule has 0 saturated carbocycles. The molecule has 1 unspecified atom stereocenters. The molecule has 0 fully saturated rings. The highest BCUT2D eigenvalue weighted by Gasteiger charge is 2.08. The predicted octanol–water partition coefficient (Wildman–Crippen LogP) is 3.93. The minimum Gasteiger partial charge on any atom is -0.328 e. The third kappa shape index (κ3) is 3.56. The number of hydrogen-bond acceptors (Lipinski definition) is 3. The van der Waals surface area contributed by atoms with E-state index in [1.54, 1.807) is 29.2 Å². The molecule has 1 aromatic carbocycles. The Morgan fingerprint density at radius 2 is 2.24 bits per heavy atom. The summed E-state index contributed by atoms with van der Waals surface area (Å²) in [7, 11) is 0. The summed E-state index contributed by atoms with van der Waals surface area (Å²) >= 11 is 3.36. The minimum absolute atomic E-state index is 0.0412. The number of hydrogen-bond donors (Lipinski definition) is 1. The van der Waals surface area contributed by atoms with Crippen LogP contribution in [0.4, 0.5) is 4.39 Å². The highest BCUT2D eigenvalue weighted by atomic mass is 32.2. The number of benzene rings is 1. The van der Waals surface area contributed by atoms with Crippen molar-refractivity contribution >= 4 is 23.1 Å². The number of nitrogens with two attached hydrogens (primary N) is 1. The van der Waals surface area contributed by atoms with E-state index < -0.39 is 0 Å². The first-order valence-electron chi connectivity index (χ1n) is 5.40. The molecule has 17 heavy (non-hydrogen) atoms. The Kier molecular flexibility index (Phi) is 4.20. The summed E-state index contributed by atoms with van der Waals surface area (Å²) < 4.78 is 14.4. The van der Waals surface area contributed by atoms with E-state index in [4.69, 9.17) is 5.73 Å². The average molecular weight is 267 g/mol. The summed E-state index contributed by atoms with van der Waals surface area (Å²) in [5, 5.41) is 2.04. The first-order chi connectivity index (χ1) is 8.15. The molecule has 0 radical (unpaired) electrons. The van der Waals surface area contributed by atoms with Crippen molar-refractivity contribution < 1.29 is 4.39 Å². The second-order valence-corrected chi connectivity index (χ2v) is 6.26. The van der Waals surface area contributed by atoms with Crippen molar-refractivity contribution in [1.82, 2.24) is 0 Å². The summed E-state index contributed by atoms with van der Waals surface area (Å²) in [6, 6.07) is 9.03. The molecular weight excluding hydrogens is 253 g/mol. The first-order valence-corrected chi connectivity index (χ1v) is 7.10. The van der Waals surface area contributed by atoms with Crippen molar-refractivity contribution in [2.75, 3.05) is 0 Å². The molecule has 2 N–H and O–H groups in total. The Labute approximate surface area is 109 Å². The summed E-state index contributed by atoms with van der Waals surface area (Å²) in [5.41, 5.74) is 6.77. The molecule has 0 bridgehead atoms. The van der Waals surface area contributed by atoms with Gasteiger partial charge in [0, 0.05) is 10.9 Å². The fourth-order valence-electron chi connectivity index (χ4n) is 1.58. The van der Waals surface area contributed by atoms with Crippen LogP contribution in [0.15, 0.2) is 44.8 Å². The van der Waals surface area contributed by atoms with E-state index in [2.05, 4.69) is 6.07 Å². The Hall–Kier alpha value is -0.840. The second-order valence-electron chi connectivity index (χ2n) is 3.97. The molecule has 0 amide bonds. The lowest BCUT2D eigenvalue weighted by Crippen LogP contribution is -2.18. The average Bonchev–Trinajstić information content (AvgIpc) is 2.74. The fourth-order valence-corrected chi connectivity index (χ4v) is 3.43. The van der Waals surface area contributed by atoms with Crippen LogP contribution >= 0.6 is 23.1 Å². The molecule has 1 nitrogen and oxygen atoms in total. The van der Waals surface area contributed by atoms with Gasteiger partial charge in [-0.05, 0) is 48.6 Å². The summed E-state index contributed by atoms with van der Waals surface area (Å²) in [4.78, 5) is 1.09. The van der Waals surface area contributed by atoms with Gasteiger partial charge in [-0.15, -0.1) is 11.3 Å². The SMILES string of the molecule is CC(N)Cc1cc(F)ccc1Sc1cccs1. The van der Waals surface area contributed by atoms with Gasteiger partial charge in [0.05, 0.1) is 4.21 Å². The molecule has 2 rings (SSSR count). The van der Waals surface area contributed by atoms with Gasteiger partial charge in [0.25, 0.3) is 0 Å². The van der Waals surface area contributed by atoms with Crippen molar-refractivity contribution in [2.45, 2.75) is 28.5 Å². The van der Waals surface area contributed by atoms with Crippen LogP contribution in [0, 0.1) is 5.82 Å². The number of rotatable bonds is 4. The largest absolute Gasteiger partial charge is 0.328 e. The van der Waals surface area contributed by atoms with Crippen LogP contribution in [0.2, 0.25) is 0 Å². The van der Waals surface area contributed by atoms with E-state index in [1.807, 2.05) is 24.4 Å². The Balaban J connectivity index is 2.25. The minimum atomic E-state index is -0.198. The molecule has 0 saturated heterocycles. The Bertz CT molecular complexity index is 480. The summed E-state index contributed by atoms with van der Waals surface area (Å²) in [6.45, 7) is 1.94. The van der Waals surface area contributed by atoms with Crippen molar-refractivity contribution in [3.63, 3.8) is 0 Å². The zero-order valence-electron chi connectivity index (χ0n) is 9.52. The maximum absolute atomic E-state index is 13.2. The molecule has 2 aromatic rings. The van der Waals surface area contributed by atoms with Crippen LogP contribution in [0.5, 0.6) is 0 Å². The quantitative estimate of drug-likeness (QED) is 0.908. The third-order valence-electron chi connectivity index (χ3n) is 2.27. The maximum atomic E-state index is 13.2. The number of thiophene rings is 1. The molecule has 0 aliphatic heterocycles. The van der Waals surface area contributed by atoms with Crippen molar-refractivity contribution in [2.24, 2.45) is 5.73 Å². The highest BCUT2D eigenvalue weighted by Crippen LogP contribution is 2.34. The molecule has 1 heterocycles. The molecule has 0 spiro atoms. The molecule has 90 valence electrons. The summed E-state index contributed by atoms with van der Waals surface area (Å²) in [5.74, 6) is -0.198. The molecule has 0 aliphatic carbocycles. The maximum Gasteiger partial charge on any atom is 0.123 e. The Morgan fingerprint density at radius 1 is 1.41 bits per heavy atom. The fraction of sp³-hybridized carbons (Fsp3) is 0.231. The van der Waals surface area contributed by atoms with Crippen molar-refractivity contribution in [3.05, 3.63) is 47.1 Å². The number of halogens is 1. The zero-order chi connectivity index (χ0) is 12.3. The Morgan fingerprint density at radius 3 is 2.88 bits per heavy atom. The van der Waals surface area contributed by atoms with E-state index in [1.165, 1.54) is 10.3 Å². The normalized spacial score (nSPS) is 12.6. The standard InChI is InChI=1S/C13H14FNS2/c1-9(15)7-10-8-11(14)4-5-12(10)17-13-3-2-6-16-13/h2-6,8-9H,7,15H2,1H3. The third-order valence-corrected chi connectivity index (χ3v) is 4.43. The second kappa shape index (κ2) is 5.67. The van der Waals surface area contributed by atoms with Crippen LogP contribution in [0.1, 0.15) is 12.5 Å². The lowest BCUT2D eigenvalue weighted by Gasteiger charge is -2.10. The monoisotopic (exact) mass is 267 g/mol. The van der Waals surface area contributed by atoms with Gasteiger partial charge in [-0.3, -0.25) is 0 Å². The van der Waals surface area contributed by atoms with Gasteiger partial charge in [-0.2, -0.15) is 0 Å². The van der Waals surface area contributed by atoms with Gasteiger partial charge < -0.3 is 5.73 Å². The topological polar surface area (TPSA) is 26.0 Å². The van der Waals surface area contributed by atoms with Crippen LogP contribution in [0.25, 0.3) is 0 Å². The lowest BCUT2D eigenvalue weighted by atomic mass is 10.1. The van der Waals surface area contributed by atoms with Gasteiger partial charge in [-0.25, -0.2) is 4.39 Å². The van der Waals surface area contributed by atoms with Crippen LogP contribution in [0.3, 0.4) is 0 Å². The van der Waals surface area contributed by atoms with Crippen molar-refractivity contribution in [3.8, 4) is 0 Å². The predicted molar refractivity (Wildman–Crippen MR) is 72.2 cm³/mol. The van der Waals surface area contributed by atoms with Crippen LogP contribution < -0.4 is 5.73 Å². The smallest absolute Gasteiger partial charge is 0.123 e. The van der Waals surface area contributed by atoms with E-state index >= 15 is 0 Å². The molecular formula is C13H14FNS2. The van der Waals surface area contributed by atoms with Crippen molar-refractivity contribution in [1.29, 1.82) is 0 Å². The van der Waals surface area contributed by atoms with Crippen LogP contribution in [-0.4, -0.2) is 6.04 Å². The van der Waals surface area contributed by atoms with E-state index in [0.717, 1.165) is 10.5 Å². The molecule has 1 atom stereocenters. The van der Waals surface area contributed by atoms with E-state index in [9.17, 15) is 4.39 Å². The van der Waals surface area contributed by atoms with Crippen LogP contribution in [-0.2, 0) is 6.42 Å². The van der Waals surface area contributed by atoms with Gasteiger partial charge in [0.2, 0.25) is 0 Å². The van der Waals surface area contributed by atoms with Gasteiger partial charge in [-0.1, -0.05) is 17.8 Å². The van der Waals surface area contributed by atoms with E-state index in [0.29, 0.717) is 6.42 Å². The zero-order valence-corrected chi connectivity index (χ0v) is 11.2. The molecule has 0 aliphatic rings. The van der Waals surface area contributed by atoms with E-state index in [-0.39, 0.29) is 11.9 Å². The first kappa shape index (κ1) is 12.6. The highest BCUT2D eigenvalue weighted by molar-refractivity contribution is 8.01. The van der Waals surface area contributed by atoms with Gasteiger partial charge >= 0.3 is 0 Å².